The second-order valence-corrected chi connectivity index (χ2v) is 5.13. The maximum atomic E-state index is 5.61. The van der Waals surface area contributed by atoms with Crippen LogP contribution in [0.2, 0.25) is 0 Å². The van der Waals surface area contributed by atoms with Crippen LogP contribution in [0.1, 0.15) is 38.5 Å². The van der Waals surface area contributed by atoms with E-state index in [1.807, 2.05) is 0 Å². The third kappa shape index (κ3) is 2.71. The summed E-state index contributed by atoms with van der Waals surface area (Å²) < 4.78 is 0. The second kappa shape index (κ2) is 5.13. The standard InChI is InChI=1S/C12H24N2/c13-6-5-11-3-4-12(9-11)10-14-7-1-2-8-14/h11-12H,1-10,13H2. The molecule has 1 heterocycles. The van der Waals surface area contributed by atoms with Crippen LogP contribution in [0.5, 0.6) is 0 Å². The Bertz CT molecular complexity index is 164. The minimum Gasteiger partial charge on any atom is -0.330 e. The summed E-state index contributed by atoms with van der Waals surface area (Å²) in [7, 11) is 0. The van der Waals surface area contributed by atoms with Gasteiger partial charge in [0, 0.05) is 6.54 Å². The van der Waals surface area contributed by atoms with Gasteiger partial charge in [-0.15, -0.1) is 0 Å². The highest BCUT2D eigenvalue weighted by Crippen LogP contribution is 2.33. The van der Waals surface area contributed by atoms with Crippen LogP contribution in [0.25, 0.3) is 0 Å². The lowest BCUT2D eigenvalue weighted by atomic mass is 10.0. The molecule has 2 N–H and O–H groups in total. The lowest BCUT2D eigenvalue weighted by Gasteiger charge is -2.19. The van der Waals surface area contributed by atoms with Gasteiger partial charge >= 0.3 is 0 Å². The number of likely N-dealkylation sites (tertiary alicyclic amines) is 1. The lowest BCUT2D eigenvalue weighted by molar-refractivity contribution is 0.275. The predicted molar refractivity (Wildman–Crippen MR) is 60.2 cm³/mol. The minimum absolute atomic E-state index is 0.890. The molecule has 14 heavy (non-hydrogen) atoms. The molecule has 2 nitrogen and oxygen atoms in total. The molecule has 2 unspecified atom stereocenters. The van der Waals surface area contributed by atoms with Gasteiger partial charge in [-0.25, -0.2) is 0 Å². The van der Waals surface area contributed by atoms with Crippen LogP contribution in [0.3, 0.4) is 0 Å². The van der Waals surface area contributed by atoms with E-state index in [-0.39, 0.29) is 0 Å². The van der Waals surface area contributed by atoms with E-state index in [1.54, 1.807) is 0 Å². The van der Waals surface area contributed by atoms with Crippen LogP contribution < -0.4 is 5.73 Å². The molecular weight excluding hydrogens is 172 g/mol. The third-order valence-corrected chi connectivity index (χ3v) is 3.94. The van der Waals surface area contributed by atoms with Crippen LogP contribution in [-0.2, 0) is 0 Å². The van der Waals surface area contributed by atoms with Gasteiger partial charge in [0.25, 0.3) is 0 Å². The van der Waals surface area contributed by atoms with E-state index in [0.29, 0.717) is 0 Å². The highest BCUT2D eigenvalue weighted by atomic mass is 15.1. The summed E-state index contributed by atoms with van der Waals surface area (Å²) in [6.07, 6.45) is 8.47. The van der Waals surface area contributed by atoms with Crippen molar-refractivity contribution in [3.8, 4) is 0 Å². The van der Waals surface area contributed by atoms with E-state index in [4.69, 9.17) is 5.73 Å². The number of hydrogen-bond acceptors (Lipinski definition) is 2. The SMILES string of the molecule is NCCC1CCC(CN2CCCC2)C1. The zero-order chi connectivity index (χ0) is 9.80. The smallest absolute Gasteiger partial charge is 0.000976 e. The average molecular weight is 196 g/mol. The molecule has 1 saturated heterocycles. The Kier molecular flexibility index (Phi) is 3.82. The summed E-state index contributed by atoms with van der Waals surface area (Å²) in [5.41, 5.74) is 5.61. The molecule has 2 fully saturated rings. The molecule has 1 aliphatic carbocycles. The van der Waals surface area contributed by atoms with Crippen LogP contribution in [-0.4, -0.2) is 31.1 Å². The summed E-state index contributed by atoms with van der Waals surface area (Å²) >= 11 is 0. The highest BCUT2D eigenvalue weighted by Gasteiger charge is 2.26. The fraction of sp³-hybridized carbons (Fsp3) is 1.00. The van der Waals surface area contributed by atoms with E-state index in [1.165, 1.54) is 58.2 Å². The number of hydrogen-bond donors (Lipinski definition) is 1. The number of rotatable bonds is 4. The van der Waals surface area contributed by atoms with Crippen molar-refractivity contribution >= 4 is 0 Å². The first-order valence-corrected chi connectivity index (χ1v) is 6.31. The molecule has 2 rings (SSSR count). The van der Waals surface area contributed by atoms with Gasteiger partial charge in [-0.3, -0.25) is 0 Å². The quantitative estimate of drug-likeness (QED) is 0.743. The van der Waals surface area contributed by atoms with E-state index < -0.39 is 0 Å². The Balaban J connectivity index is 1.67. The van der Waals surface area contributed by atoms with E-state index in [2.05, 4.69) is 4.90 Å². The monoisotopic (exact) mass is 196 g/mol. The Labute approximate surface area is 87.8 Å². The first kappa shape index (κ1) is 10.4. The lowest BCUT2D eigenvalue weighted by Crippen LogP contribution is -2.25. The zero-order valence-electron chi connectivity index (χ0n) is 9.25. The second-order valence-electron chi connectivity index (χ2n) is 5.13. The Morgan fingerprint density at radius 2 is 1.79 bits per heavy atom. The molecule has 2 aliphatic rings. The molecule has 0 spiro atoms. The molecule has 0 radical (unpaired) electrons. The van der Waals surface area contributed by atoms with Gasteiger partial charge in [-0.1, -0.05) is 6.42 Å². The predicted octanol–water partition coefficient (Wildman–Crippen LogP) is 1.85. The van der Waals surface area contributed by atoms with Gasteiger partial charge in [0.15, 0.2) is 0 Å². The number of nitrogens with zero attached hydrogens (tertiary/aromatic N) is 1. The fourth-order valence-electron chi connectivity index (χ4n) is 3.17. The molecule has 1 aliphatic heterocycles. The maximum Gasteiger partial charge on any atom is 0.000976 e. The normalized spacial score (nSPS) is 34.1. The van der Waals surface area contributed by atoms with Gasteiger partial charge in [-0.2, -0.15) is 0 Å². The Morgan fingerprint density at radius 3 is 2.50 bits per heavy atom. The first-order valence-electron chi connectivity index (χ1n) is 6.31. The van der Waals surface area contributed by atoms with Crippen molar-refractivity contribution in [2.24, 2.45) is 17.6 Å². The molecule has 0 bridgehead atoms. The molecule has 0 aromatic carbocycles. The largest absolute Gasteiger partial charge is 0.330 e. The summed E-state index contributed by atoms with van der Waals surface area (Å²) in [4.78, 5) is 2.66. The zero-order valence-corrected chi connectivity index (χ0v) is 9.25. The van der Waals surface area contributed by atoms with E-state index in [0.717, 1.165) is 18.4 Å². The third-order valence-electron chi connectivity index (χ3n) is 3.94. The summed E-state index contributed by atoms with van der Waals surface area (Å²) in [6, 6.07) is 0. The molecule has 2 atom stereocenters. The van der Waals surface area contributed by atoms with Crippen molar-refractivity contribution in [1.29, 1.82) is 0 Å². The van der Waals surface area contributed by atoms with E-state index in [9.17, 15) is 0 Å². The van der Waals surface area contributed by atoms with E-state index >= 15 is 0 Å². The van der Waals surface area contributed by atoms with Crippen molar-refractivity contribution in [2.75, 3.05) is 26.2 Å². The average Bonchev–Trinajstić information content (AvgIpc) is 2.79. The minimum atomic E-state index is 0.890. The van der Waals surface area contributed by atoms with Crippen molar-refractivity contribution in [2.45, 2.75) is 38.5 Å². The molecule has 1 saturated carbocycles. The first-order chi connectivity index (χ1) is 6.88. The van der Waals surface area contributed by atoms with Crippen LogP contribution in [0.4, 0.5) is 0 Å². The molecule has 0 aromatic rings. The van der Waals surface area contributed by atoms with Gasteiger partial charge in [0.1, 0.15) is 0 Å². The summed E-state index contributed by atoms with van der Waals surface area (Å²) in [5.74, 6) is 1.94. The van der Waals surface area contributed by atoms with Crippen molar-refractivity contribution in [1.82, 2.24) is 4.90 Å². The maximum absolute atomic E-state index is 5.61. The molecule has 0 aromatic heterocycles. The highest BCUT2D eigenvalue weighted by molar-refractivity contribution is 4.79. The van der Waals surface area contributed by atoms with Gasteiger partial charge < -0.3 is 10.6 Å². The molecule has 0 amide bonds. The number of nitrogens with two attached hydrogens (primary N) is 1. The van der Waals surface area contributed by atoms with Crippen LogP contribution >= 0.6 is 0 Å². The Hall–Kier alpha value is -0.0800. The van der Waals surface area contributed by atoms with Crippen molar-refractivity contribution in [3.63, 3.8) is 0 Å². The topological polar surface area (TPSA) is 29.3 Å². The van der Waals surface area contributed by atoms with Crippen LogP contribution in [0.15, 0.2) is 0 Å². The Morgan fingerprint density at radius 1 is 1.07 bits per heavy atom. The van der Waals surface area contributed by atoms with Gasteiger partial charge in [0.2, 0.25) is 0 Å². The van der Waals surface area contributed by atoms with Gasteiger partial charge in [0.05, 0.1) is 0 Å². The summed E-state index contributed by atoms with van der Waals surface area (Å²) in [6.45, 7) is 4.98. The van der Waals surface area contributed by atoms with Crippen molar-refractivity contribution in [3.05, 3.63) is 0 Å². The van der Waals surface area contributed by atoms with Gasteiger partial charge in [-0.05, 0) is 63.6 Å². The van der Waals surface area contributed by atoms with Crippen LogP contribution in [0, 0.1) is 11.8 Å². The molecular formula is C12H24N2. The fourth-order valence-corrected chi connectivity index (χ4v) is 3.17. The summed E-state index contributed by atoms with van der Waals surface area (Å²) in [5, 5.41) is 0. The van der Waals surface area contributed by atoms with Crippen molar-refractivity contribution < 1.29 is 0 Å². The molecule has 2 heteroatoms. The molecule has 82 valence electrons.